The Bertz CT molecular complexity index is 1130. The van der Waals surface area contributed by atoms with Gasteiger partial charge in [-0.15, -0.1) is 11.3 Å². The first-order valence-electron chi connectivity index (χ1n) is 11.0. The number of fused-ring (bicyclic) bond motifs is 4. The number of amides is 1. The maximum Gasteiger partial charge on any atom is 0.230 e. The summed E-state index contributed by atoms with van der Waals surface area (Å²) in [5, 5.41) is 4.52. The minimum absolute atomic E-state index is 0.168. The van der Waals surface area contributed by atoms with Crippen molar-refractivity contribution in [2.24, 2.45) is 12.5 Å². The van der Waals surface area contributed by atoms with Crippen LogP contribution in [-0.4, -0.2) is 43.9 Å². The molecule has 0 aliphatic carbocycles. The lowest BCUT2D eigenvalue weighted by Gasteiger charge is -2.32. The minimum Gasteiger partial charge on any atom is -0.350 e. The van der Waals surface area contributed by atoms with Crippen molar-refractivity contribution < 1.29 is 4.79 Å². The molecule has 0 unspecified atom stereocenters. The molecule has 0 N–H and O–H groups in total. The van der Waals surface area contributed by atoms with Crippen LogP contribution in [0.15, 0.2) is 35.8 Å². The molecule has 30 heavy (non-hydrogen) atoms. The number of hydrogen-bond acceptors (Lipinski definition) is 4. The summed E-state index contributed by atoms with van der Waals surface area (Å²) in [6, 6.07) is 9.59. The van der Waals surface area contributed by atoms with E-state index in [1.807, 2.05) is 6.92 Å². The SMILES string of the molecule is Cc1nc(CN2CC[C@@]3(C[C@H]4CC[C@H]3N4Cc3cn(C)c4ccccc34)C2=O)cs1. The van der Waals surface area contributed by atoms with Crippen LogP contribution in [0.25, 0.3) is 10.9 Å². The number of benzene rings is 1. The summed E-state index contributed by atoms with van der Waals surface area (Å²) in [5.74, 6) is 0.378. The normalized spacial score (nSPS) is 28.6. The van der Waals surface area contributed by atoms with Crippen LogP contribution in [0.2, 0.25) is 0 Å². The molecular formula is C24H28N4OS. The number of para-hydroxylation sites is 1. The first kappa shape index (κ1) is 18.6. The number of nitrogens with zero attached hydrogens (tertiary/aromatic N) is 4. The van der Waals surface area contributed by atoms with Gasteiger partial charge in [-0.1, -0.05) is 18.2 Å². The van der Waals surface area contributed by atoms with Gasteiger partial charge in [-0.25, -0.2) is 4.98 Å². The van der Waals surface area contributed by atoms with Gasteiger partial charge in [0.2, 0.25) is 5.91 Å². The maximum atomic E-state index is 13.6. The van der Waals surface area contributed by atoms with Gasteiger partial charge in [-0.2, -0.15) is 0 Å². The molecule has 2 aromatic heterocycles. The van der Waals surface area contributed by atoms with Crippen LogP contribution in [0, 0.1) is 12.3 Å². The number of aryl methyl sites for hydroxylation is 2. The molecule has 0 radical (unpaired) electrons. The Morgan fingerprint density at radius 2 is 2.10 bits per heavy atom. The Morgan fingerprint density at radius 3 is 2.93 bits per heavy atom. The van der Waals surface area contributed by atoms with Gasteiger partial charge >= 0.3 is 0 Å². The Labute approximate surface area is 181 Å². The zero-order chi connectivity index (χ0) is 20.5. The van der Waals surface area contributed by atoms with Gasteiger partial charge in [0.15, 0.2) is 0 Å². The Balaban J connectivity index is 1.25. The first-order valence-corrected chi connectivity index (χ1v) is 11.9. The lowest BCUT2D eigenvalue weighted by molar-refractivity contribution is -0.138. The second-order valence-electron chi connectivity index (χ2n) is 9.40. The molecule has 1 amide bonds. The van der Waals surface area contributed by atoms with Crippen molar-refractivity contribution in [3.05, 3.63) is 52.1 Å². The quantitative estimate of drug-likeness (QED) is 0.638. The summed E-state index contributed by atoms with van der Waals surface area (Å²) in [4.78, 5) is 22.9. The number of carbonyl (C=O) groups excluding carboxylic acids is 1. The van der Waals surface area contributed by atoms with Crippen LogP contribution in [0.1, 0.15) is 41.9 Å². The lowest BCUT2D eigenvalue weighted by atomic mass is 9.72. The third kappa shape index (κ3) is 2.63. The average Bonchev–Trinajstić information content (AvgIpc) is 3.53. The molecule has 3 saturated heterocycles. The van der Waals surface area contributed by atoms with Gasteiger partial charge in [-0.05, 0) is 44.2 Å². The molecule has 5 nitrogen and oxygen atoms in total. The van der Waals surface area contributed by atoms with E-state index in [0.29, 0.717) is 24.5 Å². The van der Waals surface area contributed by atoms with Crippen molar-refractivity contribution in [3.8, 4) is 0 Å². The summed E-state index contributed by atoms with van der Waals surface area (Å²) in [5.41, 5.74) is 3.55. The van der Waals surface area contributed by atoms with E-state index in [9.17, 15) is 4.79 Å². The predicted octanol–water partition coefficient (Wildman–Crippen LogP) is 4.10. The number of hydrogen-bond donors (Lipinski definition) is 0. The van der Waals surface area contributed by atoms with E-state index >= 15 is 0 Å². The molecule has 156 valence electrons. The second kappa shape index (κ2) is 6.66. The molecule has 1 spiro atoms. The molecule has 3 aliphatic heterocycles. The third-order valence-corrected chi connectivity index (χ3v) is 8.60. The van der Waals surface area contributed by atoms with E-state index in [1.54, 1.807) is 11.3 Å². The molecule has 3 fully saturated rings. The second-order valence-corrected chi connectivity index (χ2v) is 10.5. The zero-order valence-electron chi connectivity index (χ0n) is 17.7. The molecule has 0 saturated carbocycles. The number of thiazole rings is 1. The maximum absolute atomic E-state index is 13.6. The van der Waals surface area contributed by atoms with Crippen LogP contribution in [0.3, 0.4) is 0 Å². The standard InChI is InChI=1S/C24H28N4OS/c1-16-25-18(15-30-16)14-27-10-9-24(23(27)29)11-19-7-8-22(24)28(19)13-17-12-26(2)21-6-4-3-5-20(17)21/h3-6,12,15,19,22H,7-11,13-14H2,1-2H3/t19-,22-,24+/m1/s1. The smallest absolute Gasteiger partial charge is 0.230 e. The molecule has 6 heteroatoms. The molecular weight excluding hydrogens is 392 g/mol. The van der Waals surface area contributed by atoms with E-state index in [0.717, 1.165) is 43.1 Å². The highest BCUT2D eigenvalue weighted by atomic mass is 32.1. The van der Waals surface area contributed by atoms with Gasteiger partial charge in [0.05, 0.1) is 22.7 Å². The largest absolute Gasteiger partial charge is 0.350 e. The number of aromatic nitrogens is 2. The predicted molar refractivity (Wildman–Crippen MR) is 119 cm³/mol. The third-order valence-electron chi connectivity index (χ3n) is 7.77. The topological polar surface area (TPSA) is 41.4 Å². The Morgan fingerprint density at radius 1 is 1.23 bits per heavy atom. The number of rotatable bonds is 4. The van der Waals surface area contributed by atoms with E-state index in [-0.39, 0.29) is 5.41 Å². The Kier molecular flexibility index (Phi) is 4.12. The van der Waals surface area contributed by atoms with Gasteiger partial charge in [0.1, 0.15) is 0 Å². The summed E-state index contributed by atoms with van der Waals surface area (Å²) < 4.78 is 2.23. The van der Waals surface area contributed by atoms with Crippen molar-refractivity contribution in [1.82, 2.24) is 19.4 Å². The first-order chi connectivity index (χ1) is 14.5. The van der Waals surface area contributed by atoms with E-state index in [4.69, 9.17) is 0 Å². The summed E-state index contributed by atoms with van der Waals surface area (Å²) >= 11 is 1.67. The van der Waals surface area contributed by atoms with Crippen molar-refractivity contribution in [2.45, 2.75) is 57.8 Å². The molecule has 2 bridgehead atoms. The summed E-state index contributed by atoms with van der Waals surface area (Å²) in [6.45, 7) is 4.53. The number of carbonyl (C=O) groups is 1. The summed E-state index contributed by atoms with van der Waals surface area (Å²) in [6.07, 6.45) is 6.71. The van der Waals surface area contributed by atoms with E-state index in [2.05, 4.69) is 62.2 Å². The van der Waals surface area contributed by atoms with Crippen molar-refractivity contribution >= 4 is 28.1 Å². The van der Waals surface area contributed by atoms with Gasteiger partial charge in [-0.3, -0.25) is 9.69 Å². The van der Waals surface area contributed by atoms with Gasteiger partial charge in [0, 0.05) is 54.7 Å². The number of likely N-dealkylation sites (tertiary alicyclic amines) is 1. The van der Waals surface area contributed by atoms with Gasteiger partial charge in [0.25, 0.3) is 0 Å². The highest BCUT2D eigenvalue weighted by Crippen LogP contribution is 2.55. The molecule has 3 atom stereocenters. The fourth-order valence-corrected chi connectivity index (χ4v) is 7.08. The van der Waals surface area contributed by atoms with Crippen LogP contribution in [0.4, 0.5) is 0 Å². The van der Waals surface area contributed by atoms with E-state index < -0.39 is 0 Å². The molecule has 6 rings (SSSR count). The molecule has 1 aromatic carbocycles. The van der Waals surface area contributed by atoms with Crippen molar-refractivity contribution in [1.29, 1.82) is 0 Å². The van der Waals surface area contributed by atoms with Gasteiger partial charge < -0.3 is 9.47 Å². The van der Waals surface area contributed by atoms with Crippen LogP contribution >= 0.6 is 11.3 Å². The van der Waals surface area contributed by atoms with Crippen LogP contribution in [-0.2, 0) is 24.9 Å². The van der Waals surface area contributed by atoms with Crippen LogP contribution < -0.4 is 0 Å². The van der Waals surface area contributed by atoms with Crippen molar-refractivity contribution in [3.63, 3.8) is 0 Å². The fourth-order valence-electron chi connectivity index (χ4n) is 6.48. The monoisotopic (exact) mass is 420 g/mol. The zero-order valence-corrected chi connectivity index (χ0v) is 18.5. The minimum atomic E-state index is -0.168. The Hall–Kier alpha value is -2.18. The van der Waals surface area contributed by atoms with Crippen LogP contribution in [0.5, 0.6) is 0 Å². The molecule has 3 aliphatic rings. The molecule has 5 heterocycles. The fraction of sp³-hybridized carbons (Fsp3) is 0.500. The highest BCUT2D eigenvalue weighted by molar-refractivity contribution is 7.09. The lowest BCUT2D eigenvalue weighted by Crippen LogP contribution is -2.43. The highest BCUT2D eigenvalue weighted by Gasteiger charge is 2.62. The van der Waals surface area contributed by atoms with E-state index in [1.165, 1.54) is 22.9 Å². The average molecular weight is 421 g/mol. The summed E-state index contributed by atoms with van der Waals surface area (Å²) in [7, 11) is 2.13. The van der Waals surface area contributed by atoms with Crippen molar-refractivity contribution in [2.75, 3.05) is 6.54 Å². The molecule has 3 aromatic rings.